The van der Waals surface area contributed by atoms with E-state index in [4.69, 9.17) is 13.9 Å². The number of fused-ring (bicyclic) bond motifs is 1. The van der Waals surface area contributed by atoms with E-state index >= 15 is 0 Å². The van der Waals surface area contributed by atoms with Crippen molar-refractivity contribution >= 4 is 19.1 Å². The lowest BCUT2D eigenvalue weighted by atomic mass is 9.93. The van der Waals surface area contributed by atoms with E-state index in [1.807, 2.05) is 18.2 Å². The molecule has 0 aliphatic carbocycles. The molecular weight excluding hydrogens is 352 g/mol. The van der Waals surface area contributed by atoms with Crippen molar-refractivity contribution in [3.8, 4) is 11.5 Å². The smallest absolute Gasteiger partial charge is 0.192 e. The van der Waals surface area contributed by atoms with Gasteiger partial charge < -0.3 is 13.9 Å². The van der Waals surface area contributed by atoms with Gasteiger partial charge in [-0.25, -0.2) is 0 Å². The highest BCUT2D eigenvalue weighted by Gasteiger charge is 2.39. The van der Waals surface area contributed by atoms with Crippen molar-refractivity contribution in [1.82, 2.24) is 0 Å². The molecule has 0 unspecified atom stereocenters. The molecule has 0 aromatic heterocycles. The van der Waals surface area contributed by atoms with Gasteiger partial charge in [0.1, 0.15) is 11.5 Å². The Morgan fingerprint density at radius 3 is 2.00 bits per heavy atom. The molecule has 0 saturated heterocycles. The zero-order valence-electron chi connectivity index (χ0n) is 18.1. The first-order chi connectivity index (χ1) is 12.6. The SMILES string of the molecule is C=CCc1c([C@@H](C)O[Si](C)(C)C(C)(C)C)c(OC)c2ccccc2c1OC. The average molecular weight is 387 g/mol. The summed E-state index contributed by atoms with van der Waals surface area (Å²) < 4.78 is 18.5. The highest BCUT2D eigenvalue weighted by atomic mass is 28.4. The van der Waals surface area contributed by atoms with Gasteiger partial charge in [0.05, 0.1) is 20.3 Å². The summed E-state index contributed by atoms with van der Waals surface area (Å²) in [6, 6.07) is 8.21. The molecule has 2 aromatic rings. The predicted octanol–water partition coefficient (Wildman–Crippen LogP) is 6.67. The summed E-state index contributed by atoms with van der Waals surface area (Å²) in [7, 11) is 1.51. The number of allylic oxidation sites excluding steroid dienone is 1. The van der Waals surface area contributed by atoms with Crippen molar-refractivity contribution in [3.63, 3.8) is 0 Å². The molecule has 0 amide bonds. The Balaban J connectivity index is 2.76. The second-order valence-corrected chi connectivity index (χ2v) is 13.3. The van der Waals surface area contributed by atoms with E-state index in [0.29, 0.717) is 6.42 Å². The summed E-state index contributed by atoms with van der Waals surface area (Å²) in [5.74, 6) is 1.75. The minimum atomic E-state index is -1.95. The van der Waals surface area contributed by atoms with Crippen molar-refractivity contribution in [2.75, 3.05) is 14.2 Å². The summed E-state index contributed by atoms with van der Waals surface area (Å²) in [6.45, 7) is 17.4. The molecule has 0 aliphatic rings. The number of benzene rings is 2. The summed E-state index contributed by atoms with van der Waals surface area (Å²) in [5.41, 5.74) is 2.16. The fraction of sp³-hybridized carbons (Fsp3) is 0.478. The molecule has 0 fully saturated rings. The van der Waals surface area contributed by atoms with Crippen LogP contribution in [0.4, 0.5) is 0 Å². The second-order valence-electron chi connectivity index (χ2n) is 8.52. The maximum Gasteiger partial charge on any atom is 0.192 e. The van der Waals surface area contributed by atoms with Crippen molar-refractivity contribution in [2.45, 2.75) is 58.4 Å². The molecule has 0 heterocycles. The fourth-order valence-corrected chi connectivity index (χ4v) is 4.71. The van der Waals surface area contributed by atoms with Gasteiger partial charge in [-0.3, -0.25) is 0 Å². The summed E-state index contributed by atoms with van der Waals surface area (Å²) >= 11 is 0. The highest BCUT2D eigenvalue weighted by molar-refractivity contribution is 6.74. The predicted molar refractivity (Wildman–Crippen MR) is 118 cm³/mol. The van der Waals surface area contributed by atoms with Crippen molar-refractivity contribution < 1.29 is 13.9 Å². The third-order valence-corrected chi connectivity index (χ3v) is 10.3. The Kier molecular flexibility index (Phi) is 6.43. The third-order valence-electron chi connectivity index (χ3n) is 5.70. The molecule has 0 radical (unpaired) electrons. The minimum Gasteiger partial charge on any atom is -0.496 e. The molecule has 2 rings (SSSR count). The van der Waals surface area contributed by atoms with Crippen LogP contribution in [0, 0.1) is 0 Å². The first kappa shape index (κ1) is 21.5. The van der Waals surface area contributed by atoms with Crippen LogP contribution in [0.2, 0.25) is 18.1 Å². The summed E-state index contributed by atoms with van der Waals surface area (Å²) in [5, 5.41) is 2.23. The first-order valence-corrected chi connectivity index (χ1v) is 12.4. The van der Waals surface area contributed by atoms with Crippen LogP contribution in [0.15, 0.2) is 36.9 Å². The van der Waals surface area contributed by atoms with Crippen LogP contribution < -0.4 is 9.47 Å². The largest absolute Gasteiger partial charge is 0.496 e. The van der Waals surface area contributed by atoms with Crippen molar-refractivity contribution in [3.05, 3.63) is 48.0 Å². The van der Waals surface area contributed by atoms with Gasteiger partial charge in [0.2, 0.25) is 0 Å². The minimum absolute atomic E-state index is 0.103. The van der Waals surface area contributed by atoms with Crippen LogP contribution in [-0.2, 0) is 10.8 Å². The molecule has 1 atom stereocenters. The van der Waals surface area contributed by atoms with Crippen LogP contribution in [0.25, 0.3) is 10.8 Å². The molecule has 3 nitrogen and oxygen atoms in total. The van der Waals surface area contributed by atoms with Crippen LogP contribution >= 0.6 is 0 Å². The van der Waals surface area contributed by atoms with E-state index in [2.05, 4.69) is 59.5 Å². The summed E-state index contributed by atoms with van der Waals surface area (Å²) in [4.78, 5) is 0. The van der Waals surface area contributed by atoms with E-state index in [-0.39, 0.29) is 11.1 Å². The van der Waals surface area contributed by atoms with E-state index in [1.54, 1.807) is 14.2 Å². The van der Waals surface area contributed by atoms with Gasteiger partial charge in [-0.2, -0.15) is 0 Å². The second kappa shape index (κ2) is 8.07. The van der Waals surface area contributed by atoms with Crippen LogP contribution in [-0.4, -0.2) is 22.5 Å². The van der Waals surface area contributed by atoms with Gasteiger partial charge >= 0.3 is 0 Å². The maximum atomic E-state index is 6.74. The standard InChI is InChI=1S/C23H34O3Si/c1-10-13-19-20(16(2)26-27(8,9)23(3,4)5)22(25-7)18-15-12-11-14-17(18)21(19)24-6/h10-12,14-16H,1,13H2,2-9H3/t16-/m1/s1. The van der Waals surface area contributed by atoms with Gasteiger partial charge in [0.15, 0.2) is 8.32 Å². The van der Waals surface area contributed by atoms with E-state index in [0.717, 1.165) is 33.4 Å². The number of methoxy groups -OCH3 is 2. The normalized spacial score (nSPS) is 13.5. The van der Waals surface area contributed by atoms with Gasteiger partial charge in [0.25, 0.3) is 0 Å². The Morgan fingerprint density at radius 1 is 1.04 bits per heavy atom. The molecule has 148 valence electrons. The van der Waals surface area contributed by atoms with Crippen LogP contribution in [0.5, 0.6) is 11.5 Å². The topological polar surface area (TPSA) is 27.7 Å². The molecule has 0 aliphatic heterocycles. The lowest BCUT2D eigenvalue weighted by Gasteiger charge is -2.39. The lowest BCUT2D eigenvalue weighted by Crippen LogP contribution is -2.41. The molecule has 2 aromatic carbocycles. The molecule has 27 heavy (non-hydrogen) atoms. The Hall–Kier alpha value is -1.78. The number of hydrogen-bond donors (Lipinski definition) is 0. The zero-order chi connectivity index (χ0) is 20.4. The van der Waals surface area contributed by atoms with Crippen LogP contribution in [0.1, 0.15) is 44.9 Å². The fourth-order valence-electron chi connectivity index (χ4n) is 3.35. The van der Waals surface area contributed by atoms with E-state index in [1.165, 1.54) is 0 Å². The Morgan fingerprint density at radius 2 is 1.56 bits per heavy atom. The van der Waals surface area contributed by atoms with E-state index in [9.17, 15) is 0 Å². The van der Waals surface area contributed by atoms with Gasteiger partial charge in [0, 0.05) is 21.9 Å². The highest BCUT2D eigenvalue weighted by Crippen LogP contribution is 2.47. The molecule has 0 N–H and O–H groups in total. The van der Waals surface area contributed by atoms with Crippen LogP contribution in [0.3, 0.4) is 0 Å². The van der Waals surface area contributed by atoms with Gasteiger partial charge in [-0.05, 0) is 31.5 Å². The van der Waals surface area contributed by atoms with Gasteiger partial charge in [-0.15, -0.1) is 6.58 Å². The Labute approximate surface area is 165 Å². The number of hydrogen-bond acceptors (Lipinski definition) is 3. The van der Waals surface area contributed by atoms with Gasteiger partial charge in [-0.1, -0.05) is 51.1 Å². The van der Waals surface area contributed by atoms with E-state index < -0.39 is 8.32 Å². The molecule has 0 bridgehead atoms. The molecule has 0 saturated carbocycles. The molecular formula is C23H34O3Si. The average Bonchev–Trinajstić information content (AvgIpc) is 2.59. The van der Waals surface area contributed by atoms with Crippen molar-refractivity contribution in [1.29, 1.82) is 0 Å². The van der Waals surface area contributed by atoms with Crippen molar-refractivity contribution in [2.24, 2.45) is 0 Å². The summed E-state index contributed by atoms with van der Waals surface area (Å²) in [6.07, 6.45) is 2.51. The Bertz CT molecular complexity index is 818. The number of ether oxygens (including phenoxy) is 2. The molecule has 4 heteroatoms. The number of rotatable bonds is 7. The first-order valence-electron chi connectivity index (χ1n) is 9.53. The maximum absolute atomic E-state index is 6.74. The lowest BCUT2D eigenvalue weighted by molar-refractivity contribution is 0.197. The zero-order valence-corrected chi connectivity index (χ0v) is 19.1. The quantitative estimate of drug-likeness (QED) is 0.393. The monoisotopic (exact) mass is 386 g/mol. The third kappa shape index (κ3) is 4.07. The molecule has 0 spiro atoms.